The van der Waals surface area contributed by atoms with Crippen LogP contribution in [-0.4, -0.2) is 74.5 Å². The number of morpholine rings is 2. The third-order valence-electron chi connectivity index (χ3n) is 6.08. The van der Waals surface area contributed by atoms with Crippen molar-refractivity contribution >= 4 is 21.9 Å². The Hall–Kier alpha value is -1.97. The van der Waals surface area contributed by atoms with Crippen molar-refractivity contribution in [3.63, 3.8) is 0 Å². The van der Waals surface area contributed by atoms with E-state index in [4.69, 9.17) is 9.47 Å². The van der Waals surface area contributed by atoms with Crippen LogP contribution in [0.4, 0.5) is 0 Å². The molecule has 0 atom stereocenters. The topological polar surface area (TPSA) is 93.2 Å². The fraction of sp³-hybridized carbons (Fsp3) is 0.600. The molecule has 0 radical (unpaired) electrons. The number of esters is 1. The highest BCUT2D eigenvalue weighted by molar-refractivity contribution is 7.89. The number of sulfonamides is 1. The molecule has 1 aliphatic carbocycles. The Bertz CT molecular complexity index is 871. The van der Waals surface area contributed by atoms with Crippen LogP contribution in [-0.2, 0) is 24.3 Å². The highest BCUT2D eigenvalue weighted by Crippen LogP contribution is 2.37. The Balaban J connectivity index is 1.56. The molecular formula is C20H26N2O6S. The fourth-order valence-corrected chi connectivity index (χ4v) is 5.86. The van der Waals surface area contributed by atoms with Crippen molar-refractivity contribution in [1.82, 2.24) is 9.21 Å². The Labute approximate surface area is 170 Å². The average Bonchev–Trinajstić information content (AvgIpc) is 2.77. The summed E-state index contributed by atoms with van der Waals surface area (Å²) in [5.74, 6) is -0.567. The summed E-state index contributed by atoms with van der Waals surface area (Å²) in [5.41, 5.74) is -0.503. The summed E-state index contributed by atoms with van der Waals surface area (Å²) in [6.45, 7) is 1.95. The van der Waals surface area contributed by atoms with E-state index in [9.17, 15) is 18.0 Å². The van der Waals surface area contributed by atoms with Crippen LogP contribution in [0.25, 0.3) is 0 Å². The second kappa shape index (κ2) is 8.04. The standard InChI is InChI=1S/C20H26N2O6S/c23-18(22-12-15-28-19(24)20(22)8-2-1-3-9-20)16-4-6-17(7-5-16)29(25,26)21-10-13-27-14-11-21/h4-7H,1-3,8-15H2. The monoisotopic (exact) mass is 422 g/mol. The summed E-state index contributed by atoms with van der Waals surface area (Å²) in [4.78, 5) is 27.6. The molecule has 3 fully saturated rings. The maximum Gasteiger partial charge on any atom is 0.332 e. The summed E-state index contributed by atoms with van der Waals surface area (Å²) in [6.07, 6.45) is 4.04. The van der Waals surface area contributed by atoms with Crippen LogP contribution in [0.15, 0.2) is 29.2 Å². The Kier molecular flexibility index (Phi) is 5.63. The molecule has 1 aromatic rings. The number of amides is 1. The van der Waals surface area contributed by atoms with E-state index in [1.54, 1.807) is 4.90 Å². The minimum Gasteiger partial charge on any atom is -0.462 e. The first-order valence-corrected chi connectivity index (χ1v) is 11.6. The van der Waals surface area contributed by atoms with Gasteiger partial charge in [-0.25, -0.2) is 13.2 Å². The van der Waals surface area contributed by atoms with Crippen molar-refractivity contribution < 1.29 is 27.5 Å². The van der Waals surface area contributed by atoms with Crippen molar-refractivity contribution in [2.24, 2.45) is 0 Å². The van der Waals surface area contributed by atoms with Gasteiger partial charge in [0.05, 0.1) is 24.7 Å². The first kappa shape index (κ1) is 20.3. The van der Waals surface area contributed by atoms with Crippen molar-refractivity contribution in [2.45, 2.75) is 42.5 Å². The van der Waals surface area contributed by atoms with Crippen LogP contribution in [0.3, 0.4) is 0 Å². The zero-order valence-corrected chi connectivity index (χ0v) is 17.2. The molecule has 0 N–H and O–H groups in total. The van der Waals surface area contributed by atoms with Crippen LogP contribution in [0, 0.1) is 0 Å². The molecule has 0 bridgehead atoms. The van der Waals surface area contributed by atoms with Crippen LogP contribution in [0.5, 0.6) is 0 Å². The molecule has 1 amide bonds. The highest BCUT2D eigenvalue weighted by Gasteiger charge is 2.50. The maximum absolute atomic E-state index is 13.2. The summed E-state index contributed by atoms with van der Waals surface area (Å²) >= 11 is 0. The van der Waals surface area contributed by atoms with E-state index in [2.05, 4.69) is 0 Å². The predicted molar refractivity (Wildman–Crippen MR) is 104 cm³/mol. The van der Waals surface area contributed by atoms with Gasteiger partial charge in [-0.1, -0.05) is 19.3 Å². The molecule has 1 aromatic carbocycles. The zero-order valence-electron chi connectivity index (χ0n) is 16.3. The lowest BCUT2D eigenvalue weighted by Gasteiger charge is -2.47. The number of hydrogen-bond acceptors (Lipinski definition) is 6. The summed E-state index contributed by atoms with van der Waals surface area (Å²) in [5, 5.41) is 0. The van der Waals surface area contributed by atoms with Gasteiger partial charge in [0.2, 0.25) is 10.0 Å². The normalized spacial score (nSPS) is 23.0. The minimum absolute atomic E-state index is 0.154. The van der Waals surface area contributed by atoms with Gasteiger partial charge in [-0.15, -0.1) is 0 Å². The molecule has 0 unspecified atom stereocenters. The number of carbonyl (C=O) groups excluding carboxylic acids is 2. The first-order chi connectivity index (χ1) is 13.9. The largest absolute Gasteiger partial charge is 0.462 e. The molecule has 9 heteroatoms. The van der Waals surface area contributed by atoms with Gasteiger partial charge in [-0.2, -0.15) is 4.31 Å². The molecule has 4 rings (SSSR count). The lowest BCUT2D eigenvalue weighted by atomic mass is 9.79. The van der Waals surface area contributed by atoms with Crippen LogP contribution < -0.4 is 0 Å². The van der Waals surface area contributed by atoms with Gasteiger partial charge in [0.15, 0.2) is 0 Å². The highest BCUT2D eigenvalue weighted by atomic mass is 32.2. The van der Waals surface area contributed by atoms with Gasteiger partial charge in [-0.05, 0) is 37.1 Å². The van der Waals surface area contributed by atoms with Crippen LogP contribution in [0.2, 0.25) is 0 Å². The van der Waals surface area contributed by atoms with Crippen molar-refractivity contribution in [3.8, 4) is 0 Å². The van der Waals surface area contributed by atoms with E-state index in [-0.39, 0.29) is 23.4 Å². The lowest BCUT2D eigenvalue weighted by molar-refractivity contribution is -0.168. The number of rotatable bonds is 3. The second-order valence-corrected chi connectivity index (χ2v) is 9.66. The molecule has 8 nitrogen and oxygen atoms in total. The van der Waals surface area contributed by atoms with Crippen LogP contribution >= 0.6 is 0 Å². The average molecular weight is 423 g/mol. The summed E-state index contributed by atoms with van der Waals surface area (Å²) in [7, 11) is -3.61. The molecule has 3 aliphatic rings. The van der Waals surface area contributed by atoms with Gasteiger partial charge < -0.3 is 14.4 Å². The Morgan fingerprint density at radius 1 is 0.931 bits per heavy atom. The van der Waals surface area contributed by atoms with Gasteiger partial charge in [-0.3, -0.25) is 4.79 Å². The van der Waals surface area contributed by atoms with E-state index in [1.807, 2.05) is 0 Å². The molecule has 2 aliphatic heterocycles. The van der Waals surface area contributed by atoms with E-state index in [0.717, 1.165) is 19.3 Å². The molecule has 29 heavy (non-hydrogen) atoms. The van der Waals surface area contributed by atoms with Gasteiger partial charge >= 0.3 is 5.97 Å². The Morgan fingerprint density at radius 3 is 2.24 bits per heavy atom. The number of carbonyl (C=O) groups is 2. The summed E-state index contributed by atoms with van der Waals surface area (Å²) in [6, 6.07) is 6.00. The predicted octanol–water partition coefficient (Wildman–Crippen LogP) is 1.41. The van der Waals surface area contributed by atoms with E-state index < -0.39 is 15.6 Å². The van der Waals surface area contributed by atoms with E-state index >= 15 is 0 Å². The molecular weight excluding hydrogens is 396 g/mol. The molecule has 1 saturated carbocycles. The lowest BCUT2D eigenvalue weighted by Crippen LogP contribution is -2.62. The molecule has 2 saturated heterocycles. The van der Waals surface area contributed by atoms with Crippen LogP contribution in [0.1, 0.15) is 42.5 Å². The Morgan fingerprint density at radius 2 is 1.59 bits per heavy atom. The first-order valence-electron chi connectivity index (χ1n) is 10.1. The number of benzene rings is 1. The third kappa shape index (κ3) is 3.67. The molecule has 158 valence electrons. The molecule has 1 spiro atoms. The number of nitrogens with zero attached hydrogens (tertiary/aromatic N) is 2. The molecule has 0 aromatic heterocycles. The van der Waals surface area contributed by atoms with Gasteiger partial charge in [0.25, 0.3) is 5.91 Å². The smallest absolute Gasteiger partial charge is 0.332 e. The van der Waals surface area contributed by atoms with E-state index in [1.165, 1.54) is 28.6 Å². The zero-order chi connectivity index (χ0) is 20.5. The van der Waals surface area contributed by atoms with Crippen molar-refractivity contribution in [2.75, 3.05) is 39.5 Å². The van der Waals surface area contributed by atoms with Gasteiger partial charge in [0.1, 0.15) is 12.1 Å². The number of cyclic esters (lactones) is 1. The molecule has 2 heterocycles. The van der Waals surface area contributed by atoms with Crippen molar-refractivity contribution in [1.29, 1.82) is 0 Å². The number of hydrogen-bond donors (Lipinski definition) is 0. The fourth-order valence-electron chi connectivity index (χ4n) is 4.46. The van der Waals surface area contributed by atoms with Gasteiger partial charge in [0, 0.05) is 18.7 Å². The summed E-state index contributed by atoms with van der Waals surface area (Å²) < 4.78 is 37.4. The SMILES string of the molecule is O=C(c1ccc(S(=O)(=O)N2CCOCC2)cc1)N1CCOC(=O)C12CCCCC2. The van der Waals surface area contributed by atoms with E-state index in [0.29, 0.717) is 51.3 Å². The quantitative estimate of drug-likeness (QED) is 0.684. The third-order valence-corrected chi connectivity index (χ3v) is 7.99. The second-order valence-electron chi connectivity index (χ2n) is 7.73. The van der Waals surface area contributed by atoms with Crippen molar-refractivity contribution in [3.05, 3.63) is 29.8 Å². The minimum atomic E-state index is -3.61. The maximum atomic E-state index is 13.2. The number of ether oxygens (including phenoxy) is 2.